The number of benzene rings is 2. The molecule has 3 heteroatoms. The summed E-state index contributed by atoms with van der Waals surface area (Å²) >= 11 is 3.83. The van der Waals surface area contributed by atoms with Gasteiger partial charge in [-0.15, -0.1) is 0 Å². The maximum atomic E-state index is 13.4. The largest absolute Gasteiger partial charge is 0.460 e. The lowest BCUT2D eigenvalue weighted by atomic mass is 9.49. The van der Waals surface area contributed by atoms with E-state index in [0.29, 0.717) is 18.4 Å². The minimum atomic E-state index is -0.428. The molecule has 0 amide bonds. The van der Waals surface area contributed by atoms with Crippen LogP contribution in [0.2, 0.25) is 0 Å². The van der Waals surface area contributed by atoms with E-state index >= 15 is 0 Å². The summed E-state index contributed by atoms with van der Waals surface area (Å²) in [5.74, 6) is 0.787. The first kappa shape index (κ1) is 21.6. The molecule has 4 rings (SSSR count). The van der Waals surface area contributed by atoms with E-state index in [-0.39, 0.29) is 11.4 Å². The molecule has 2 nitrogen and oxygen atoms in total. The van der Waals surface area contributed by atoms with E-state index in [1.807, 2.05) is 30.3 Å². The zero-order valence-electron chi connectivity index (χ0n) is 18.6. The third-order valence-corrected chi connectivity index (χ3v) is 8.46. The molecular formula is C27H33BrO2. The molecule has 160 valence electrons. The molecule has 0 radical (unpaired) electrons. The number of carbonyl (C=O) groups excluding carboxylic acids is 1. The molecule has 0 spiro atoms. The standard InChI is InChI=1S/C27H33BrO2/c1-18(2)21-15-20-11-12-24-26(3,22(20)16-23(21)28)13-8-14-27(24,4)25(29)30-17-19-9-6-5-7-10-19/h5-7,9-10,15-16,18,24H,8,11-14,17H2,1-4H3. The average Bonchev–Trinajstić information content (AvgIpc) is 2.72. The second-order valence-electron chi connectivity index (χ2n) is 10.0. The number of hydrogen-bond donors (Lipinski definition) is 0. The van der Waals surface area contributed by atoms with E-state index in [4.69, 9.17) is 4.74 Å². The van der Waals surface area contributed by atoms with Crippen LogP contribution in [0.4, 0.5) is 0 Å². The third kappa shape index (κ3) is 3.64. The molecule has 2 aromatic carbocycles. The topological polar surface area (TPSA) is 26.3 Å². The molecule has 0 aromatic heterocycles. The molecule has 2 aliphatic rings. The number of hydrogen-bond acceptors (Lipinski definition) is 2. The number of rotatable bonds is 4. The van der Waals surface area contributed by atoms with Crippen LogP contribution >= 0.6 is 15.9 Å². The highest BCUT2D eigenvalue weighted by atomic mass is 79.9. The minimum absolute atomic E-state index is 0.0182. The van der Waals surface area contributed by atoms with Gasteiger partial charge in [-0.3, -0.25) is 4.79 Å². The smallest absolute Gasteiger partial charge is 0.312 e. The van der Waals surface area contributed by atoms with Crippen molar-refractivity contribution in [2.45, 2.75) is 77.7 Å². The number of carbonyl (C=O) groups is 1. The SMILES string of the molecule is CC(C)c1cc2c(cc1Br)C1(C)CCCC(C)(C(=O)OCc3ccccc3)C1CC2. The summed E-state index contributed by atoms with van der Waals surface area (Å²) in [4.78, 5) is 13.4. The molecule has 0 aliphatic heterocycles. The first-order valence-electron chi connectivity index (χ1n) is 11.3. The summed E-state index contributed by atoms with van der Waals surface area (Å²) in [6, 6.07) is 14.8. The van der Waals surface area contributed by atoms with Crippen molar-refractivity contribution in [2.75, 3.05) is 0 Å². The van der Waals surface area contributed by atoms with Gasteiger partial charge in [0.05, 0.1) is 5.41 Å². The molecule has 0 heterocycles. The molecule has 0 N–H and O–H groups in total. The van der Waals surface area contributed by atoms with Crippen molar-refractivity contribution in [2.24, 2.45) is 11.3 Å². The van der Waals surface area contributed by atoms with Crippen LogP contribution in [0.25, 0.3) is 0 Å². The second kappa shape index (κ2) is 8.15. The Balaban J connectivity index is 1.63. The Labute approximate surface area is 189 Å². The van der Waals surface area contributed by atoms with E-state index in [0.717, 1.165) is 37.7 Å². The number of halogens is 1. The monoisotopic (exact) mass is 468 g/mol. The van der Waals surface area contributed by atoms with E-state index in [2.05, 4.69) is 55.8 Å². The summed E-state index contributed by atoms with van der Waals surface area (Å²) < 4.78 is 7.08. The van der Waals surface area contributed by atoms with Crippen molar-refractivity contribution >= 4 is 21.9 Å². The Bertz CT molecular complexity index is 935. The minimum Gasteiger partial charge on any atom is -0.460 e. The van der Waals surface area contributed by atoms with Crippen LogP contribution in [0.15, 0.2) is 46.9 Å². The molecule has 2 aromatic rings. The molecule has 3 atom stereocenters. The highest BCUT2D eigenvalue weighted by molar-refractivity contribution is 9.10. The van der Waals surface area contributed by atoms with Gasteiger partial charge in [0.15, 0.2) is 0 Å². The lowest BCUT2D eigenvalue weighted by Gasteiger charge is -2.54. The number of ether oxygens (including phenoxy) is 1. The predicted molar refractivity (Wildman–Crippen MR) is 126 cm³/mol. The summed E-state index contributed by atoms with van der Waals surface area (Å²) in [5, 5.41) is 0. The van der Waals surface area contributed by atoms with E-state index in [1.54, 1.807) is 0 Å². The fourth-order valence-corrected chi connectivity index (χ4v) is 6.89. The van der Waals surface area contributed by atoms with Crippen LogP contribution in [0.3, 0.4) is 0 Å². The molecule has 1 fully saturated rings. The molecule has 3 unspecified atom stereocenters. The highest BCUT2D eigenvalue weighted by Gasteiger charge is 2.55. The van der Waals surface area contributed by atoms with Gasteiger partial charge < -0.3 is 4.74 Å². The predicted octanol–water partition coefficient (Wildman–Crippen LogP) is 7.33. The van der Waals surface area contributed by atoms with Crippen molar-refractivity contribution in [3.63, 3.8) is 0 Å². The summed E-state index contributed by atoms with van der Waals surface area (Å²) in [7, 11) is 0. The summed E-state index contributed by atoms with van der Waals surface area (Å²) in [5.41, 5.74) is 4.94. The summed E-state index contributed by atoms with van der Waals surface area (Å²) in [6.07, 6.45) is 5.22. The highest BCUT2D eigenvalue weighted by Crippen LogP contribution is 2.58. The zero-order chi connectivity index (χ0) is 21.5. The van der Waals surface area contributed by atoms with E-state index < -0.39 is 5.41 Å². The van der Waals surface area contributed by atoms with Crippen molar-refractivity contribution in [3.05, 3.63) is 69.2 Å². The number of aryl methyl sites for hydroxylation is 1. The Morgan fingerprint density at radius 2 is 1.90 bits per heavy atom. The van der Waals surface area contributed by atoms with Crippen molar-refractivity contribution in [1.82, 2.24) is 0 Å². The van der Waals surface area contributed by atoms with Gasteiger partial charge in [0.1, 0.15) is 6.61 Å². The maximum Gasteiger partial charge on any atom is 0.312 e. The molecule has 1 saturated carbocycles. The molecule has 0 bridgehead atoms. The molecule has 30 heavy (non-hydrogen) atoms. The van der Waals surface area contributed by atoms with Crippen LogP contribution < -0.4 is 0 Å². The first-order chi connectivity index (χ1) is 14.3. The van der Waals surface area contributed by atoms with Crippen LogP contribution in [0.5, 0.6) is 0 Å². The van der Waals surface area contributed by atoms with Gasteiger partial charge in [0.2, 0.25) is 0 Å². The third-order valence-electron chi connectivity index (χ3n) is 7.77. The van der Waals surface area contributed by atoms with Crippen LogP contribution in [0.1, 0.15) is 81.5 Å². The van der Waals surface area contributed by atoms with Crippen molar-refractivity contribution < 1.29 is 9.53 Å². The second-order valence-corrected chi connectivity index (χ2v) is 10.9. The Morgan fingerprint density at radius 1 is 1.17 bits per heavy atom. The Kier molecular flexibility index (Phi) is 5.87. The van der Waals surface area contributed by atoms with Crippen molar-refractivity contribution in [3.8, 4) is 0 Å². The quantitative estimate of drug-likeness (QED) is 0.439. The van der Waals surface area contributed by atoms with Crippen LogP contribution in [-0.4, -0.2) is 5.97 Å². The van der Waals surface area contributed by atoms with Gasteiger partial charge in [-0.1, -0.05) is 79.5 Å². The fraction of sp³-hybridized carbons (Fsp3) is 0.519. The van der Waals surface area contributed by atoms with E-state index in [9.17, 15) is 4.79 Å². The van der Waals surface area contributed by atoms with Crippen LogP contribution in [-0.2, 0) is 28.0 Å². The normalized spacial score (nSPS) is 28.0. The van der Waals surface area contributed by atoms with Crippen molar-refractivity contribution in [1.29, 1.82) is 0 Å². The summed E-state index contributed by atoms with van der Waals surface area (Å²) in [6.45, 7) is 9.41. The van der Waals surface area contributed by atoms with Gasteiger partial charge in [-0.05, 0) is 78.2 Å². The number of esters is 1. The fourth-order valence-electron chi connectivity index (χ4n) is 6.08. The zero-order valence-corrected chi connectivity index (χ0v) is 20.2. The average molecular weight is 469 g/mol. The molecular weight excluding hydrogens is 436 g/mol. The van der Waals surface area contributed by atoms with Gasteiger partial charge in [0, 0.05) is 4.47 Å². The lowest BCUT2D eigenvalue weighted by molar-refractivity contribution is -0.166. The first-order valence-corrected chi connectivity index (χ1v) is 12.1. The Hall–Kier alpha value is -1.61. The van der Waals surface area contributed by atoms with E-state index in [1.165, 1.54) is 21.2 Å². The maximum absolute atomic E-state index is 13.4. The van der Waals surface area contributed by atoms with Gasteiger partial charge in [0.25, 0.3) is 0 Å². The van der Waals surface area contributed by atoms with Crippen LogP contribution in [0, 0.1) is 11.3 Å². The Morgan fingerprint density at radius 3 is 2.60 bits per heavy atom. The van der Waals surface area contributed by atoms with Gasteiger partial charge in [-0.25, -0.2) is 0 Å². The molecule has 2 aliphatic carbocycles. The number of fused-ring (bicyclic) bond motifs is 3. The molecule has 0 saturated heterocycles. The lowest BCUT2D eigenvalue weighted by Crippen LogP contribution is -2.52. The van der Waals surface area contributed by atoms with Gasteiger partial charge in [-0.2, -0.15) is 0 Å². The van der Waals surface area contributed by atoms with Gasteiger partial charge >= 0.3 is 5.97 Å².